The Kier molecular flexibility index (Phi) is 4.68. The van der Waals surface area contributed by atoms with E-state index in [-0.39, 0.29) is 18.0 Å². The second-order valence-corrected chi connectivity index (χ2v) is 4.46. The molecule has 1 aromatic heterocycles. The van der Waals surface area contributed by atoms with Gasteiger partial charge in [-0.05, 0) is 29.8 Å². The number of hydrogen-bond donors (Lipinski definition) is 2. The highest BCUT2D eigenvalue weighted by molar-refractivity contribution is 6.30. The standard InChI is InChI=1S/C14H12ClN3O2/c15-11-6-4-10(5-7-11)9-13(19)17-18-14(20)12-3-1-2-8-16-12/h1-8H,9H2,(H,17,19)(H,18,20). The summed E-state index contributed by atoms with van der Waals surface area (Å²) in [5.41, 5.74) is 5.68. The molecule has 5 nitrogen and oxygen atoms in total. The minimum atomic E-state index is -0.463. The smallest absolute Gasteiger partial charge is 0.273 e. The lowest BCUT2D eigenvalue weighted by atomic mass is 10.1. The molecule has 102 valence electrons. The number of hydrazine groups is 1. The molecule has 1 heterocycles. The number of halogens is 1. The fourth-order valence-corrected chi connectivity index (χ4v) is 1.65. The van der Waals surface area contributed by atoms with E-state index < -0.39 is 5.91 Å². The summed E-state index contributed by atoms with van der Waals surface area (Å²) in [4.78, 5) is 27.2. The number of rotatable bonds is 3. The molecule has 0 saturated heterocycles. The van der Waals surface area contributed by atoms with Crippen LogP contribution in [-0.4, -0.2) is 16.8 Å². The van der Waals surface area contributed by atoms with Gasteiger partial charge in [-0.25, -0.2) is 0 Å². The highest BCUT2D eigenvalue weighted by Gasteiger charge is 2.08. The lowest BCUT2D eigenvalue weighted by molar-refractivity contribution is -0.121. The third-order valence-electron chi connectivity index (χ3n) is 2.49. The van der Waals surface area contributed by atoms with Gasteiger partial charge in [0, 0.05) is 11.2 Å². The molecular formula is C14H12ClN3O2. The van der Waals surface area contributed by atoms with E-state index in [0.29, 0.717) is 5.02 Å². The van der Waals surface area contributed by atoms with Crippen molar-refractivity contribution in [3.8, 4) is 0 Å². The van der Waals surface area contributed by atoms with Crippen LogP contribution in [0, 0.1) is 0 Å². The maximum Gasteiger partial charge on any atom is 0.288 e. The molecule has 0 atom stereocenters. The first-order valence-corrected chi connectivity index (χ1v) is 6.27. The molecule has 6 heteroatoms. The second kappa shape index (κ2) is 6.68. The van der Waals surface area contributed by atoms with Crippen LogP contribution in [0.15, 0.2) is 48.7 Å². The Balaban J connectivity index is 1.83. The van der Waals surface area contributed by atoms with Crippen LogP contribution < -0.4 is 10.9 Å². The maximum absolute atomic E-state index is 11.7. The van der Waals surface area contributed by atoms with Gasteiger partial charge in [-0.2, -0.15) is 0 Å². The Hall–Kier alpha value is -2.40. The van der Waals surface area contributed by atoms with Crippen molar-refractivity contribution in [3.05, 3.63) is 64.9 Å². The van der Waals surface area contributed by atoms with E-state index >= 15 is 0 Å². The number of carbonyl (C=O) groups is 2. The average molecular weight is 290 g/mol. The van der Waals surface area contributed by atoms with Crippen LogP contribution in [0.1, 0.15) is 16.1 Å². The highest BCUT2D eigenvalue weighted by atomic mass is 35.5. The van der Waals surface area contributed by atoms with Crippen molar-refractivity contribution in [2.75, 3.05) is 0 Å². The van der Waals surface area contributed by atoms with Crippen LogP contribution in [0.5, 0.6) is 0 Å². The number of hydrogen-bond acceptors (Lipinski definition) is 3. The van der Waals surface area contributed by atoms with E-state index in [1.807, 2.05) is 0 Å². The molecular weight excluding hydrogens is 278 g/mol. The summed E-state index contributed by atoms with van der Waals surface area (Å²) in [5.74, 6) is -0.786. The van der Waals surface area contributed by atoms with Gasteiger partial charge in [0.15, 0.2) is 0 Å². The topological polar surface area (TPSA) is 71.1 Å². The molecule has 2 rings (SSSR count). The van der Waals surface area contributed by atoms with Gasteiger partial charge < -0.3 is 0 Å². The summed E-state index contributed by atoms with van der Waals surface area (Å²) in [7, 11) is 0. The van der Waals surface area contributed by atoms with Crippen LogP contribution in [0.3, 0.4) is 0 Å². The van der Waals surface area contributed by atoms with Gasteiger partial charge >= 0.3 is 0 Å². The molecule has 0 aliphatic rings. The quantitative estimate of drug-likeness (QED) is 0.846. The van der Waals surface area contributed by atoms with Crippen LogP contribution in [0.25, 0.3) is 0 Å². The highest BCUT2D eigenvalue weighted by Crippen LogP contribution is 2.09. The van der Waals surface area contributed by atoms with E-state index in [4.69, 9.17) is 11.6 Å². The number of benzene rings is 1. The predicted octanol–water partition coefficient (Wildman–Crippen LogP) is 1.74. The van der Waals surface area contributed by atoms with Gasteiger partial charge in [-0.1, -0.05) is 29.8 Å². The molecule has 2 aromatic rings. The number of amides is 2. The monoisotopic (exact) mass is 289 g/mol. The second-order valence-electron chi connectivity index (χ2n) is 4.02. The summed E-state index contributed by atoms with van der Waals surface area (Å²) in [6, 6.07) is 11.9. The van der Waals surface area contributed by atoms with Crippen molar-refractivity contribution in [2.45, 2.75) is 6.42 Å². The fraction of sp³-hybridized carbons (Fsp3) is 0.0714. The summed E-state index contributed by atoms with van der Waals surface area (Å²) in [6.07, 6.45) is 1.66. The van der Waals surface area contributed by atoms with E-state index in [1.165, 1.54) is 6.20 Å². The summed E-state index contributed by atoms with van der Waals surface area (Å²) >= 11 is 5.75. The van der Waals surface area contributed by atoms with Gasteiger partial charge in [0.25, 0.3) is 5.91 Å². The van der Waals surface area contributed by atoms with E-state index in [9.17, 15) is 9.59 Å². The van der Waals surface area contributed by atoms with Crippen LogP contribution in [0.2, 0.25) is 5.02 Å². The Morgan fingerprint density at radius 2 is 1.80 bits per heavy atom. The molecule has 1 aromatic carbocycles. The Bertz CT molecular complexity index is 600. The van der Waals surface area contributed by atoms with Crippen LogP contribution >= 0.6 is 11.6 Å². The molecule has 0 bridgehead atoms. The number of carbonyl (C=O) groups excluding carboxylic acids is 2. The van der Waals surface area contributed by atoms with Crippen molar-refractivity contribution >= 4 is 23.4 Å². The average Bonchev–Trinajstić information content (AvgIpc) is 2.48. The summed E-state index contributed by atoms with van der Waals surface area (Å²) in [5, 5.41) is 0.609. The fourth-order valence-electron chi connectivity index (χ4n) is 1.52. The molecule has 2 N–H and O–H groups in total. The zero-order valence-electron chi connectivity index (χ0n) is 10.5. The Morgan fingerprint density at radius 3 is 2.45 bits per heavy atom. The number of nitrogens with zero attached hydrogens (tertiary/aromatic N) is 1. The minimum absolute atomic E-state index is 0.152. The molecule has 0 saturated carbocycles. The van der Waals surface area contributed by atoms with Crippen molar-refractivity contribution < 1.29 is 9.59 Å². The third kappa shape index (κ3) is 4.07. The zero-order chi connectivity index (χ0) is 14.4. The number of pyridine rings is 1. The van der Waals surface area contributed by atoms with Gasteiger partial charge in [0.1, 0.15) is 5.69 Å². The largest absolute Gasteiger partial charge is 0.288 e. The summed E-state index contributed by atoms with van der Waals surface area (Å²) in [6.45, 7) is 0. The van der Waals surface area contributed by atoms with Gasteiger partial charge in [0.2, 0.25) is 5.91 Å². The number of aromatic nitrogens is 1. The predicted molar refractivity (Wildman–Crippen MR) is 75.0 cm³/mol. The lowest BCUT2D eigenvalue weighted by Crippen LogP contribution is -2.42. The molecule has 20 heavy (non-hydrogen) atoms. The lowest BCUT2D eigenvalue weighted by Gasteiger charge is -2.07. The first-order valence-electron chi connectivity index (χ1n) is 5.90. The van der Waals surface area contributed by atoms with Gasteiger partial charge in [-0.3, -0.25) is 25.4 Å². The maximum atomic E-state index is 11.7. The molecule has 0 aliphatic carbocycles. The SMILES string of the molecule is O=C(Cc1ccc(Cl)cc1)NNC(=O)c1ccccn1. The van der Waals surface area contributed by atoms with E-state index in [1.54, 1.807) is 42.5 Å². The van der Waals surface area contributed by atoms with Crippen molar-refractivity contribution in [3.63, 3.8) is 0 Å². The Morgan fingerprint density at radius 1 is 1.05 bits per heavy atom. The van der Waals surface area contributed by atoms with Crippen LogP contribution in [-0.2, 0) is 11.2 Å². The first kappa shape index (κ1) is 14.0. The van der Waals surface area contributed by atoms with E-state index in [0.717, 1.165) is 5.56 Å². The molecule has 0 fully saturated rings. The molecule has 0 unspecified atom stereocenters. The van der Waals surface area contributed by atoms with Crippen LogP contribution in [0.4, 0.5) is 0 Å². The molecule has 0 spiro atoms. The van der Waals surface area contributed by atoms with Crippen molar-refractivity contribution in [2.24, 2.45) is 0 Å². The molecule has 0 aliphatic heterocycles. The molecule has 2 amide bonds. The third-order valence-corrected chi connectivity index (χ3v) is 2.74. The Labute approximate surface area is 120 Å². The normalized spacial score (nSPS) is 9.85. The zero-order valence-corrected chi connectivity index (χ0v) is 11.2. The minimum Gasteiger partial charge on any atom is -0.273 e. The van der Waals surface area contributed by atoms with Crippen molar-refractivity contribution in [1.29, 1.82) is 0 Å². The number of nitrogens with one attached hydrogen (secondary N) is 2. The van der Waals surface area contributed by atoms with Gasteiger partial charge in [0.05, 0.1) is 6.42 Å². The van der Waals surface area contributed by atoms with Crippen molar-refractivity contribution in [1.82, 2.24) is 15.8 Å². The van der Waals surface area contributed by atoms with Gasteiger partial charge in [-0.15, -0.1) is 0 Å². The first-order chi connectivity index (χ1) is 9.65. The molecule has 0 radical (unpaired) electrons. The van der Waals surface area contributed by atoms with E-state index in [2.05, 4.69) is 15.8 Å². The summed E-state index contributed by atoms with van der Waals surface area (Å²) < 4.78 is 0.